The second-order valence-corrected chi connectivity index (χ2v) is 5.53. The summed E-state index contributed by atoms with van der Waals surface area (Å²) >= 11 is 7.23. The summed E-state index contributed by atoms with van der Waals surface area (Å²) in [7, 11) is 0. The Hall–Kier alpha value is -1.66. The van der Waals surface area contributed by atoms with Crippen LogP contribution in [0.1, 0.15) is 12.6 Å². The van der Waals surface area contributed by atoms with Crippen LogP contribution < -0.4 is 0 Å². The van der Waals surface area contributed by atoms with Crippen molar-refractivity contribution in [2.24, 2.45) is 0 Å². The van der Waals surface area contributed by atoms with Gasteiger partial charge in [0.25, 0.3) is 0 Å². The highest BCUT2D eigenvalue weighted by molar-refractivity contribution is 7.24. The summed E-state index contributed by atoms with van der Waals surface area (Å²) in [6.07, 6.45) is 1.87. The number of benzene rings is 1. The minimum absolute atomic E-state index is 0.102. The van der Waals surface area contributed by atoms with E-state index in [0.717, 1.165) is 5.52 Å². The number of hydrogen-bond acceptors (Lipinski definition) is 4. The molecule has 0 aliphatic heterocycles. The average Bonchev–Trinajstić information content (AvgIpc) is 2.92. The van der Waals surface area contributed by atoms with Gasteiger partial charge in [-0.05, 0) is 19.1 Å². The summed E-state index contributed by atoms with van der Waals surface area (Å²) in [5.74, 6) is -0.762. The van der Waals surface area contributed by atoms with E-state index in [9.17, 15) is 9.18 Å². The molecule has 0 bridgehead atoms. The first-order valence-electron chi connectivity index (χ1n) is 6.00. The number of esters is 1. The van der Waals surface area contributed by atoms with Gasteiger partial charge in [0.2, 0.25) is 0 Å². The van der Waals surface area contributed by atoms with Gasteiger partial charge in [0.05, 0.1) is 34.0 Å². The molecule has 0 saturated carbocycles. The van der Waals surface area contributed by atoms with Gasteiger partial charge in [0.15, 0.2) is 4.96 Å². The van der Waals surface area contributed by atoms with Crippen molar-refractivity contribution in [1.82, 2.24) is 9.38 Å². The highest BCUT2D eigenvalue weighted by atomic mass is 35.5. The van der Waals surface area contributed by atoms with Crippen LogP contribution in [-0.4, -0.2) is 22.0 Å². The van der Waals surface area contributed by atoms with Gasteiger partial charge in [-0.25, -0.2) is 9.37 Å². The number of thiazole rings is 1. The molecular formula is C13H10ClFN2O2S. The van der Waals surface area contributed by atoms with E-state index < -0.39 is 5.82 Å². The van der Waals surface area contributed by atoms with E-state index in [1.165, 1.54) is 17.4 Å². The van der Waals surface area contributed by atoms with Crippen LogP contribution in [-0.2, 0) is 16.0 Å². The lowest BCUT2D eigenvalue weighted by atomic mass is 10.3. The molecule has 0 saturated heterocycles. The Labute approximate surface area is 122 Å². The van der Waals surface area contributed by atoms with E-state index in [2.05, 4.69) is 4.98 Å². The van der Waals surface area contributed by atoms with E-state index in [4.69, 9.17) is 16.3 Å². The fourth-order valence-corrected chi connectivity index (χ4v) is 3.33. The van der Waals surface area contributed by atoms with Crippen LogP contribution in [0.25, 0.3) is 15.2 Å². The Morgan fingerprint density at radius 3 is 3.10 bits per heavy atom. The molecule has 0 amide bonds. The third-order valence-electron chi connectivity index (χ3n) is 2.84. The third-order valence-corrected chi connectivity index (χ3v) is 4.41. The molecule has 0 atom stereocenters. The van der Waals surface area contributed by atoms with Crippen LogP contribution >= 0.6 is 22.9 Å². The van der Waals surface area contributed by atoms with Crippen molar-refractivity contribution in [3.05, 3.63) is 34.9 Å². The lowest BCUT2D eigenvalue weighted by molar-refractivity contribution is -0.142. The van der Waals surface area contributed by atoms with E-state index in [1.54, 1.807) is 23.6 Å². The van der Waals surface area contributed by atoms with Crippen molar-refractivity contribution in [1.29, 1.82) is 0 Å². The van der Waals surface area contributed by atoms with Crippen molar-refractivity contribution >= 4 is 44.1 Å². The molecule has 0 aliphatic rings. The Kier molecular flexibility index (Phi) is 3.35. The Balaban J connectivity index is 2.05. The van der Waals surface area contributed by atoms with Gasteiger partial charge in [-0.2, -0.15) is 0 Å². The number of fused-ring (bicyclic) bond motifs is 3. The molecule has 0 aliphatic carbocycles. The third kappa shape index (κ3) is 2.14. The molecule has 2 aromatic heterocycles. The standard InChI is InChI=1S/C13H10ClFN2O2S/c1-2-19-10(18)5-7-6-17-9-4-3-8(15)11(14)12(9)20-13(17)16-7/h3-4,6H,2,5H2,1H3. The van der Waals surface area contributed by atoms with Crippen molar-refractivity contribution in [2.45, 2.75) is 13.3 Å². The molecule has 3 aromatic rings. The predicted octanol–water partition coefficient (Wildman–Crippen LogP) is 3.45. The Bertz CT molecular complexity index is 812. The lowest BCUT2D eigenvalue weighted by Gasteiger charge is -1.98. The normalized spacial score (nSPS) is 11.3. The first-order chi connectivity index (χ1) is 9.60. The second-order valence-electron chi connectivity index (χ2n) is 4.18. The largest absolute Gasteiger partial charge is 0.466 e. The van der Waals surface area contributed by atoms with Gasteiger partial charge in [0.1, 0.15) is 5.82 Å². The highest BCUT2D eigenvalue weighted by Gasteiger charge is 2.15. The van der Waals surface area contributed by atoms with Crippen molar-refractivity contribution in [3.8, 4) is 0 Å². The molecule has 3 rings (SSSR count). The lowest BCUT2D eigenvalue weighted by Crippen LogP contribution is -2.07. The number of imidazole rings is 1. The number of hydrogen-bond donors (Lipinski definition) is 0. The first-order valence-corrected chi connectivity index (χ1v) is 7.19. The van der Waals surface area contributed by atoms with Crippen molar-refractivity contribution in [2.75, 3.05) is 6.61 Å². The molecule has 4 nitrogen and oxygen atoms in total. The number of aromatic nitrogens is 2. The first kappa shape index (κ1) is 13.3. The van der Waals surface area contributed by atoms with E-state index in [-0.39, 0.29) is 17.4 Å². The topological polar surface area (TPSA) is 43.6 Å². The summed E-state index contributed by atoms with van der Waals surface area (Å²) in [4.78, 5) is 16.5. The fourth-order valence-electron chi connectivity index (χ4n) is 2.00. The van der Waals surface area contributed by atoms with E-state index in [1.807, 2.05) is 0 Å². The second kappa shape index (κ2) is 5.03. The smallest absolute Gasteiger partial charge is 0.311 e. The van der Waals surface area contributed by atoms with Gasteiger partial charge in [-0.1, -0.05) is 22.9 Å². The van der Waals surface area contributed by atoms with Crippen LogP contribution in [0.4, 0.5) is 4.39 Å². The zero-order valence-corrected chi connectivity index (χ0v) is 12.1. The van der Waals surface area contributed by atoms with Crippen LogP contribution in [0.5, 0.6) is 0 Å². The summed E-state index contributed by atoms with van der Waals surface area (Å²) in [6.45, 7) is 2.10. The number of nitrogens with zero attached hydrogens (tertiary/aromatic N) is 2. The maximum absolute atomic E-state index is 13.4. The Morgan fingerprint density at radius 1 is 1.55 bits per heavy atom. The minimum Gasteiger partial charge on any atom is -0.466 e. The summed E-state index contributed by atoms with van der Waals surface area (Å²) < 4.78 is 20.7. The molecule has 2 heterocycles. The van der Waals surface area contributed by atoms with Gasteiger partial charge < -0.3 is 4.74 Å². The molecule has 0 spiro atoms. The molecule has 20 heavy (non-hydrogen) atoms. The molecular weight excluding hydrogens is 303 g/mol. The molecule has 7 heteroatoms. The maximum atomic E-state index is 13.4. The summed E-state index contributed by atoms with van der Waals surface area (Å²) in [5, 5.41) is 0.102. The van der Waals surface area contributed by atoms with Crippen molar-refractivity contribution in [3.63, 3.8) is 0 Å². The van der Waals surface area contributed by atoms with Crippen LogP contribution in [0.2, 0.25) is 5.02 Å². The van der Waals surface area contributed by atoms with Gasteiger partial charge >= 0.3 is 5.97 Å². The van der Waals surface area contributed by atoms with Crippen molar-refractivity contribution < 1.29 is 13.9 Å². The van der Waals surface area contributed by atoms with E-state index >= 15 is 0 Å². The summed E-state index contributed by atoms with van der Waals surface area (Å²) in [5.41, 5.74) is 1.40. The van der Waals surface area contributed by atoms with Crippen LogP contribution in [0, 0.1) is 5.82 Å². The SMILES string of the molecule is CCOC(=O)Cc1cn2c(n1)sc1c(Cl)c(F)ccc12. The average molecular weight is 313 g/mol. The number of carbonyl (C=O) groups is 1. The number of rotatable bonds is 3. The molecule has 0 radical (unpaired) electrons. The van der Waals surface area contributed by atoms with Gasteiger partial charge in [-0.3, -0.25) is 9.20 Å². The molecule has 1 aromatic carbocycles. The maximum Gasteiger partial charge on any atom is 0.311 e. The minimum atomic E-state index is -0.449. The molecule has 0 N–H and O–H groups in total. The monoisotopic (exact) mass is 312 g/mol. The number of halogens is 2. The number of ether oxygens (including phenoxy) is 1. The predicted molar refractivity (Wildman–Crippen MR) is 75.9 cm³/mol. The van der Waals surface area contributed by atoms with Crippen LogP contribution in [0.3, 0.4) is 0 Å². The van der Waals surface area contributed by atoms with E-state index in [0.29, 0.717) is 22.0 Å². The molecule has 104 valence electrons. The van der Waals surface area contributed by atoms with Gasteiger partial charge in [0, 0.05) is 6.20 Å². The van der Waals surface area contributed by atoms with Gasteiger partial charge in [-0.15, -0.1) is 0 Å². The molecule has 0 fully saturated rings. The van der Waals surface area contributed by atoms with Crippen LogP contribution in [0.15, 0.2) is 18.3 Å². The Morgan fingerprint density at radius 2 is 2.35 bits per heavy atom. The number of carbonyl (C=O) groups excluding carboxylic acids is 1. The zero-order valence-electron chi connectivity index (χ0n) is 10.5. The summed E-state index contributed by atoms with van der Waals surface area (Å²) in [6, 6.07) is 2.97. The highest BCUT2D eigenvalue weighted by Crippen LogP contribution is 2.33. The fraction of sp³-hybridized carbons (Fsp3) is 0.231. The zero-order chi connectivity index (χ0) is 14.3. The quantitative estimate of drug-likeness (QED) is 0.696. The molecule has 0 unspecified atom stereocenters.